The Morgan fingerprint density at radius 1 is 1.30 bits per heavy atom. The van der Waals surface area contributed by atoms with Gasteiger partial charge in [-0.3, -0.25) is 9.59 Å². The van der Waals surface area contributed by atoms with Crippen LogP contribution in [0.4, 0.5) is 0 Å². The first-order valence-corrected chi connectivity index (χ1v) is 10.6. The summed E-state index contributed by atoms with van der Waals surface area (Å²) in [5.74, 6) is -0.447. The van der Waals surface area contributed by atoms with Crippen molar-refractivity contribution < 1.29 is 27.2 Å². The van der Waals surface area contributed by atoms with Crippen LogP contribution >= 0.6 is 0 Å². The third-order valence-corrected chi connectivity index (χ3v) is 5.48. The second-order valence-corrected chi connectivity index (χ2v) is 9.34. The molecule has 0 spiro atoms. The van der Waals surface area contributed by atoms with E-state index in [1.807, 2.05) is 0 Å². The molecule has 1 fully saturated rings. The molecule has 1 aromatic rings. The van der Waals surface area contributed by atoms with Crippen molar-refractivity contribution in [1.82, 2.24) is 9.62 Å². The van der Waals surface area contributed by atoms with Crippen LogP contribution in [0, 0.1) is 5.92 Å². The van der Waals surface area contributed by atoms with Gasteiger partial charge in [-0.2, -0.15) is 0 Å². The highest BCUT2D eigenvalue weighted by molar-refractivity contribution is 7.89. The number of hydrogen-bond donors (Lipinski definition) is 1. The van der Waals surface area contributed by atoms with Crippen molar-refractivity contribution >= 4 is 21.9 Å². The number of carbonyl (C=O) groups excluding carboxylic acids is 2. The molecule has 1 amide bonds. The highest BCUT2D eigenvalue weighted by atomic mass is 32.2. The Kier molecular flexibility index (Phi) is 6.69. The fourth-order valence-electron chi connectivity index (χ4n) is 2.54. The first kappa shape index (κ1) is 21.4. The van der Waals surface area contributed by atoms with Crippen LogP contribution in [-0.4, -0.2) is 50.4 Å². The molecule has 9 heteroatoms. The summed E-state index contributed by atoms with van der Waals surface area (Å²) in [6.45, 7) is 7.88. The Morgan fingerprint density at radius 3 is 2.52 bits per heavy atom. The van der Waals surface area contributed by atoms with Crippen LogP contribution < -0.4 is 4.72 Å². The molecule has 1 aliphatic carbocycles. The van der Waals surface area contributed by atoms with E-state index in [4.69, 9.17) is 9.15 Å². The third kappa shape index (κ3) is 6.66. The van der Waals surface area contributed by atoms with Gasteiger partial charge in [0, 0.05) is 18.6 Å². The lowest BCUT2D eigenvalue weighted by atomic mass is 10.1. The lowest BCUT2D eigenvalue weighted by molar-refractivity contribution is -0.143. The van der Waals surface area contributed by atoms with Crippen molar-refractivity contribution in [1.29, 1.82) is 0 Å². The van der Waals surface area contributed by atoms with E-state index in [9.17, 15) is 18.0 Å². The molecule has 0 atom stereocenters. The summed E-state index contributed by atoms with van der Waals surface area (Å²) in [5, 5.41) is -0.308. The van der Waals surface area contributed by atoms with Gasteiger partial charge < -0.3 is 14.1 Å². The van der Waals surface area contributed by atoms with Gasteiger partial charge in [0.2, 0.25) is 5.09 Å². The normalized spacial score (nSPS) is 14.8. The molecule has 0 saturated heterocycles. The van der Waals surface area contributed by atoms with Crippen molar-refractivity contribution in [2.75, 3.05) is 19.7 Å². The second-order valence-electron chi connectivity index (χ2n) is 7.72. The molecule has 0 unspecified atom stereocenters. The second kappa shape index (κ2) is 8.43. The highest BCUT2D eigenvalue weighted by Crippen LogP contribution is 2.30. The largest absolute Gasteiger partial charge is 0.466 e. The van der Waals surface area contributed by atoms with Gasteiger partial charge in [0.15, 0.2) is 5.76 Å². The molecule has 0 aliphatic heterocycles. The maximum absolute atomic E-state index is 12.8. The molecule has 8 nitrogen and oxygen atoms in total. The van der Waals surface area contributed by atoms with Gasteiger partial charge in [0.1, 0.15) is 0 Å². The number of amides is 1. The summed E-state index contributed by atoms with van der Waals surface area (Å²) in [7, 11) is -3.86. The van der Waals surface area contributed by atoms with Crippen molar-refractivity contribution in [2.45, 2.75) is 57.6 Å². The molecule has 2 rings (SSSR count). The molecule has 1 heterocycles. The van der Waals surface area contributed by atoms with E-state index >= 15 is 0 Å². The van der Waals surface area contributed by atoms with E-state index in [1.54, 1.807) is 27.7 Å². The minimum Gasteiger partial charge on any atom is -0.466 e. The number of carbonyl (C=O) groups is 2. The summed E-state index contributed by atoms with van der Waals surface area (Å²) >= 11 is 0. The molecule has 27 heavy (non-hydrogen) atoms. The number of furan rings is 1. The molecule has 0 radical (unpaired) electrons. The van der Waals surface area contributed by atoms with E-state index in [-0.39, 0.29) is 36.4 Å². The van der Waals surface area contributed by atoms with Crippen molar-refractivity contribution in [3.05, 3.63) is 17.9 Å². The molecule has 1 saturated carbocycles. The van der Waals surface area contributed by atoms with Crippen molar-refractivity contribution in [2.24, 2.45) is 5.92 Å². The Labute approximate surface area is 160 Å². The molecular weight excluding hydrogens is 372 g/mol. The zero-order valence-electron chi connectivity index (χ0n) is 16.3. The predicted molar refractivity (Wildman–Crippen MR) is 98.7 cm³/mol. The standard InChI is InChI=1S/C18H28N2O6S/c1-5-25-15(21)10-11-20(12-13-6-7-13)17(22)14-8-9-16(26-14)27(23,24)19-18(2,3)4/h8-9,13,19H,5-7,10-12H2,1-4H3. The minimum absolute atomic E-state index is 0.0613. The number of sulfonamides is 1. The fourth-order valence-corrected chi connectivity index (χ4v) is 3.89. The van der Waals surface area contributed by atoms with E-state index < -0.39 is 21.5 Å². The number of nitrogens with one attached hydrogen (secondary N) is 1. The zero-order chi connectivity index (χ0) is 20.2. The van der Waals surface area contributed by atoms with Gasteiger partial charge in [-0.05, 0) is 58.6 Å². The van der Waals surface area contributed by atoms with Crippen LogP contribution in [0.1, 0.15) is 57.5 Å². The summed E-state index contributed by atoms with van der Waals surface area (Å²) in [4.78, 5) is 25.9. The minimum atomic E-state index is -3.86. The van der Waals surface area contributed by atoms with Gasteiger partial charge in [-0.1, -0.05) is 0 Å². The number of esters is 1. The molecule has 0 aromatic carbocycles. The summed E-state index contributed by atoms with van der Waals surface area (Å²) in [6.07, 6.45) is 2.16. The quantitative estimate of drug-likeness (QED) is 0.637. The Hall–Kier alpha value is -1.87. The first-order valence-electron chi connectivity index (χ1n) is 9.10. The average Bonchev–Trinajstić information content (AvgIpc) is 3.20. The summed E-state index contributed by atoms with van der Waals surface area (Å²) in [5.41, 5.74) is -0.673. The number of nitrogens with zero attached hydrogens (tertiary/aromatic N) is 1. The monoisotopic (exact) mass is 400 g/mol. The van der Waals surface area contributed by atoms with Gasteiger partial charge in [0.25, 0.3) is 15.9 Å². The SMILES string of the molecule is CCOC(=O)CCN(CC1CC1)C(=O)c1ccc(S(=O)(=O)NC(C)(C)C)o1. The van der Waals surface area contributed by atoms with Crippen molar-refractivity contribution in [3.8, 4) is 0 Å². The Balaban J connectivity index is 2.10. The van der Waals surface area contributed by atoms with Crippen LogP contribution in [0.5, 0.6) is 0 Å². The zero-order valence-corrected chi connectivity index (χ0v) is 17.1. The first-order chi connectivity index (χ1) is 12.5. The number of rotatable bonds is 9. The molecular formula is C18H28N2O6S. The van der Waals surface area contributed by atoms with Gasteiger partial charge in [-0.25, -0.2) is 13.1 Å². The van der Waals surface area contributed by atoms with Crippen LogP contribution in [0.3, 0.4) is 0 Å². The van der Waals surface area contributed by atoms with E-state index in [2.05, 4.69) is 4.72 Å². The van der Waals surface area contributed by atoms with Crippen molar-refractivity contribution in [3.63, 3.8) is 0 Å². The molecule has 0 bridgehead atoms. The third-order valence-electron chi connectivity index (χ3n) is 3.85. The smallest absolute Gasteiger partial charge is 0.307 e. The number of hydrogen-bond acceptors (Lipinski definition) is 6. The van der Waals surface area contributed by atoms with Gasteiger partial charge >= 0.3 is 5.97 Å². The molecule has 1 aromatic heterocycles. The summed E-state index contributed by atoms with van der Waals surface area (Å²) < 4.78 is 37.4. The predicted octanol–water partition coefficient (Wildman–Crippen LogP) is 2.16. The average molecular weight is 400 g/mol. The van der Waals surface area contributed by atoms with Crippen LogP contribution in [0.15, 0.2) is 21.6 Å². The van der Waals surface area contributed by atoms with E-state index in [0.29, 0.717) is 12.5 Å². The topological polar surface area (TPSA) is 106 Å². The van der Waals surface area contributed by atoms with Crippen LogP contribution in [0.25, 0.3) is 0 Å². The number of ether oxygens (including phenoxy) is 1. The Bertz CT molecular complexity index is 774. The molecule has 1 aliphatic rings. The Morgan fingerprint density at radius 2 is 1.96 bits per heavy atom. The van der Waals surface area contributed by atoms with E-state index in [0.717, 1.165) is 12.8 Å². The lowest BCUT2D eigenvalue weighted by Crippen LogP contribution is -2.40. The highest BCUT2D eigenvalue weighted by Gasteiger charge is 2.31. The fraction of sp³-hybridized carbons (Fsp3) is 0.667. The molecule has 152 valence electrons. The van der Waals surface area contributed by atoms with Crippen LogP contribution in [-0.2, 0) is 19.6 Å². The maximum Gasteiger partial charge on any atom is 0.307 e. The van der Waals surface area contributed by atoms with E-state index in [1.165, 1.54) is 17.0 Å². The van der Waals surface area contributed by atoms with Gasteiger partial charge in [0.05, 0.1) is 13.0 Å². The molecule has 1 N–H and O–H groups in total. The van der Waals surface area contributed by atoms with Crippen LogP contribution in [0.2, 0.25) is 0 Å². The van der Waals surface area contributed by atoms with Gasteiger partial charge in [-0.15, -0.1) is 0 Å². The summed E-state index contributed by atoms with van der Waals surface area (Å²) in [6, 6.07) is 2.62. The maximum atomic E-state index is 12.8. The lowest BCUT2D eigenvalue weighted by Gasteiger charge is -2.21.